The Labute approximate surface area is 126 Å². The Kier molecular flexibility index (Phi) is 7.46. The summed E-state index contributed by atoms with van der Waals surface area (Å²) in [6, 6.07) is 10.1. The Morgan fingerprint density at radius 1 is 1.19 bits per heavy atom. The minimum absolute atomic E-state index is 0.0354. The van der Waals surface area contributed by atoms with E-state index >= 15 is 0 Å². The van der Waals surface area contributed by atoms with E-state index in [-0.39, 0.29) is 18.2 Å². The molecule has 1 aromatic carbocycles. The zero-order chi connectivity index (χ0) is 15.7. The van der Waals surface area contributed by atoms with Crippen LogP contribution in [-0.2, 0) is 16.1 Å². The summed E-state index contributed by atoms with van der Waals surface area (Å²) < 4.78 is 0. The summed E-state index contributed by atoms with van der Waals surface area (Å²) in [6.07, 6.45) is 0.611. The van der Waals surface area contributed by atoms with Crippen LogP contribution >= 0.6 is 0 Å². The predicted octanol–water partition coefficient (Wildman–Crippen LogP) is 1.28. The van der Waals surface area contributed by atoms with Gasteiger partial charge in [0, 0.05) is 38.5 Å². The molecule has 0 aliphatic heterocycles. The van der Waals surface area contributed by atoms with E-state index < -0.39 is 0 Å². The molecule has 0 spiro atoms. The molecule has 0 unspecified atom stereocenters. The third-order valence-corrected chi connectivity index (χ3v) is 3.09. The fourth-order valence-electron chi connectivity index (χ4n) is 1.97. The molecule has 1 rings (SSSR count). The summed E-state index contributed by atoms with van der Waals surface area (Å²) in [5.41, 5.74) is 6.23. The van der Waals surface area contributed by atoms with Crippen LogP contribution in [0.4, 0.5) is 0 Å². The number of hydrogen-bond donors (Lipinski definition) is 2. The summed E-state index contributed by atoms with van der Waals surface area (Å²) in [5.74, 6) is -0.352. The number of nitrogens with two attached hydrogens (primary N) is 1. The molecule has 0 fully saturated rings. The van der Waals surface area contributed by atoms with Gasteiger partial charge in [0.25, 0.3) is 0 Å². The van der Waals surface area contributed by atoms with Gasteiger partial charge >= 0.3 is 0 Å². The number of primary amides is 1. The maximum atomic E-state index is 12.3. The third-order valence-electron chi connectivity index (χ3n) is 3.09. The highest BCUT2D eigenvalue weighted by Crippen LogP contribution is 2.07. The van der Waals surface area contributed by atoms with Gasteiger partial charge in [0.1, 0.15) is 0 Å². The number of carbonyl (C=O) groups excluding carboxylic acids is 2. The molecular weight excluding hydrogens is 266 g/mol. The van der Waals surface area contributed by atoms with Crippen LogP contribution in [0, 0.1) is 0 Å². The van der Waals surface area contributed by atoms with Gasteiger partial charge < -0.3 is 16.0 Å². The number of hydrogen-bond acceptors (Lipinski definition) is 3. The Morgan fingerprint density at radius 2 is 1.86 bits per heavy atom. The fraction of sp³-hybridized carbons (Fsp3) is 0.500. The van der Waals surface area contributed by atoms with Crippen LogP contribution in [0.5, 0.6) is 0 Å². The van der Waals surface area contributed by atoms with Crippen LogP contribution in [0.3, 0.4) is 0 Å². The molecule has 0 aliphatic rings. The lowest BCUT2D eigenvalue weighted by molar-refractivity contribution is -0.132. The van der Waals surface area contributed by atoms with E-state index in [9.17, 15) is 9.59 Å². The topological polar surface area (TPSA) is 75.4 Å². The lowest BCUT2D eigenvalue weighted by Crippen LogP contribution is -2.36. The average molecular weight is 291 g/mol. The molecular formula is C16H25N3O2. The highest BCUT2D eigenvalue weighted by Gasteiger charge is 2.14. The molecule has 5 nitrogen and oxygen atoms in total. The molecule has 0 aromatic heterocycles. The second-order valence-electron chi connectivity index (χ2n) is 5.38. The quantitative estimate of drug-likeness (QED) is 0.719. The second-order valence-corrected chi connectivity index (χ2v) is 5.38. The first-order valence-electron chi connectivity index (χ1n) is 7.32. The highest BCUT2D eigenvalue weighted by molar-refractivity contribution is 5.78. The molecule has 1 aromatic rings. The summed E-state index contributed by atoms with van der Waals surface area (Å²) in [7, 11) is 0. The van der Waals surface area contributed by atoms with Gasteiger partial charge in [0.2, 0.25) is 11.8 Å². The third kappa shape index (κ3) is 7.46. The maximum absolute atomic E-state index is 12.3. The van der Waals surface area contributed by atoms with Gasteiger partial charge in [-0.25, -0.2) is 0 Å². The molecule has 116 valence electrons. The Morgan fingerprint density at radius 3 is 2.43 bits per heavy atom. The number of rotatable bonds is 9. The fourth-order valence-corrected chi connectivity index (χ4v) is 1.97. The summed E-state index contributed by atoms with van der Waals surface area (Å²) >= 11 is 0. The van der Waals surface area contributed by atoms with E-state index in [4.69, 9.17) is 5.73 Å². The Bertz CT molecular complexity index is 446. The van der Waals surface area contributed by atoms with E-state index in [0.29, 0.717) is 32.1 Å². The lowest BCUT2D eigenvalue weighted by atomic mass is 10.2. The van der Waals surface area contributed by atoms with Gasteiger partial charge in [-0.1, -0.05) is 44.2 Å². The molecule has 0 saturated heterocycles. The number of nitrogens with one attached hydrogen (secondary N) is 1. The van der Waals surface area contributed by atoms with Gasteiger partial charge in [-0.3, -0.25) is 9.59 Å². The van der Waals surface area contributed by atoms with Crippen molar-refractivity contribution in [3.63, 3.8) is 0 Å². The van der Waals surface area contributed by atoms with Crippen molar-refractivity contribution < 1.29 is 9.59 Å². The van der Waals surface area contributed by atoms with Crippen molar-refractivity contribution in [1.82, 2.24) is 10.2 Å². The number of amides is 2. The van der Waals surface area contributed by atoms with Crippen LogP contribution in [0.15, 0.2) is 30.3 Å². The van der Waals surface area contributed by atoms with Gasteiger partial charge in [-0.2, -0.15) is 0 Å². The molecule has 3 N–H and O–H groups in total. The molecule has 0 atom stereocenters. The summed E-state index contributed by atoms with van der Waals surface area (Å²) in [5, 5.41) is 3.22. The molecule has 0 heterocycles. The van der Waals surface area contributed by atoms with E-state index in [0.717, 1.165) is 5.56 Å². The molecule has 2 amide bonds. The first-order valence-corrected chi connectivity index (χ1v) is 7.32. The monoisotopic (exact) mass is 291 g/mol. The average Bonchev–Trinajstić information content (AvgIpc) is 2.43. The maximum Gasteiger partial charge on any atom is 0.224 e. The van der Waals surface area contributed by atoms with Crippen molar-refractivity contribution in [2.24, 2.45) is 5.73 Å². The summed E-state index contributed by atoms with van der Waals surface area (Å²) in [4.78, 5) is 24.9. The molecule has 0 saturated carbocycles. The smallest absolute Gasteiger partial charge is 0.224 e. The van der Waals surface area contributed by atoms with Gasteiger partial charge in [-0.15, -0.1) is 0 Å². The normalized spacial score (nSPS) is 10.6. The number of nitrogens with zero attached hydrogens (tertiary/aromatic N) is 1. The van der Waals surface area contributed by atoms with Gasteiger partial charge in [0.05, 0.1) is 0 Å². The standard InChI is InChI=1S/C16H25N3O2/c1-13(2)18-10-8-16(21)19(11-9-15(17)20)12-14-6-4-3-5-7-14/h3-7,13,18H,8-12H2,1-2H3,(H2,17,20). The highest BCUT2D eigenvalue weighted by atomic mass is 16.2. The molecule has 5 heteroatoms. The molecule has 0 bridgehead atoms. The van der Waals surface area contributed by atoms with E-state index in [1.807, 2.05) is 44.2 Å². The predicted molar refractivity (Wildman–Crippen MR) is 83.4 cm³/mol. The van der Waals surface area contributed by atoms with Crippen molar-refractivity contribution in [1.29, 1.82) is 0 Å². The minimum Gasteiger partial charge on any atom is -0.370 e. The first-order chi connectivity index (χ1) is 9.99. The number of benzene rings is 1. The zero-order valence-corrected chi connectivity index (χ0v) is 12.8. The zero-order valence-electron chi connectivity index (χ0n) is 12.8. The van der Waals surface area contributed by atoms with E-state index in [2.05, 4.69) is 5.32 Å². The lowest BCUT2D eigenvalue weighted by Gasteiger charge is -2.23. The van der Waals surface area contributed by atoms with Crippen LogP contribution < -0.4 is 11.1 Å². The van der Waals surface area contributed by atoms with Gasteiger partial charge in [0.15, 0.2) is 0 Å². The Hall–Kier alpha value is -1.88. The number of carbonyl (C=O) groups is 2. The minimum atomic E-state index is -0.388. The first kappa shape index (κ1) is 17.2. The Balaban J connectivity index is 2.58. The van der Waals surface area contributed by atoms with E-state index in [1.165, 1.54) is 0 Å². The van der Waals surface area contributed by atoms with Crippen molar-refractivity contribution in [3.05, 3.63) is 35.9 Å². The summed E-state index contributed by atoms with van der Waals surface area (Å²) in [6.45, 7) is 5.59. The van der Waals surface area contributed by atoms with Crippen LogP contribution in [0.1, 0.15) is 32.3 Å². The molecule has 0 radical (unpaired) electrons. The van der Waals surface area contributed by atoms with Crippen LogP contribution in [0.2, 0.25) is 0 Å². The SMILES string of the molecule is CC(C)NCCC(=O)N(CCC(N)=O)Cc1ccccc1. The van der Waals surface area contributed by atoms with Crippen LogP contribution in [-0.4, -0.2) is 35.8 Å². The molecule has 21 heavy (non-hydrogen) atoms. The van der Waals surface area contributed by atoms with Gasteiger partial charge in [-0.05, 0) is 5.56 Å². The van der Waals surface area contributed by atoms with E-state index in [1.54, 1.807) is 4.90 Å². The van der Waals surface area contributed by atoms with Crippen molar-refractivity contribution in [3.8, 4) is 0 Å². The van der Waals surface area contributed by atoms with Crippen molar-refractivity contribution in [2.75, 3.05) is 13.1 Å². The van der Waals surface area contributed by atoms with Crippen molar-refractivity contribution >= 4 is 11.8 Å². The van der Waals surface area contributed by atoms with Crippen molar-refractivity contribution in [2.45, 2.75) is 39.3 Å². The second kappa shape index (κ2) is 9.13. The molecule has 0 aliphatic carbocycles. The van der Waals surface area contributed by atoms with Crippen LogP contribution in [0.25, 0.3) is 0 Å². The largest absolute Gasteiger partial charge is 0.370 e.